The fraction of sp³-hybridized carbons (Fsp3) is 0.600. The third-order valence-corrected chi connectivity index (χ3v) is 3.20. The molecule has 0 fully saturated rings. The highest BCUT2D eigenvalue weighted by atomic mass is 16.1. The first kappa shape index (κ1) is 15.6. The molecule has 106 valence electrons. The number of nitrogens with zero attached hydrogens (tertiary/aromatic N) is 1. The van der Waals surface area contributed by atoms with Gasteiger partial charge in [0.2, 0.25) is 5.91 Å². The molecule has 1 aromatic heterocycles. The summed E-state index contributed by atoms with van der Waals surface area (Å²) in [6, 6.07) is 3.84. The van der Waals surface area contributed by atoms with Gasteiger partial charge in [0.25, 0.3) is 0 Å². The molecule has 0 unspecified atom stereocenters. The topological polar surface area (TPSA) is 68.0 Å². The van der Waals surface area contributed by atoms with Gasteiger partial charge in [-0.1, -0.05) is 13.8 Å². The van der Waals surface area contributed by atoms with Crippen molar-refractivity contribution >= 4 is 5.91 Å². The SMILES string of the molecule is CC(C)C[C@H](CN)CC(=O)N[C@@H](C)c1ccncc1. The van der Waals surface area contributed by atoms with Crippen LogP contribution in [0.25, 0.3) is 0 Å². The zero-order chi connectivity index (χ0) is 14.3. The highest BCUT2D eigenvalue weighted by Crippen LogP contribution is 2.16. The molecular formula is C15H25N3O. The average molecular weight is 263 g/mol. The highest BCUT2D eigenvalue weighted by molar-refractivity contribution is 5.76. The molecule has 4 heteroatoms. The summed E-state index contributed by atoms with van der Waals surface area (Å²) in [6.45, 7) is 6.85. The van der Waals surface area contributed by atoms with Crippen LogP contribution in [0.5, 0.6) is 0 Å². The minimum Gasteiger partial charge on any atom is -0.350 e. The van der Waals surface area contributed by atoms with Crippen molar-refractivity contribution in [3.8, 4) is 0 Å². The quantitative estimate of drug-likeness (QED) is 0.793. The van der Waals surface area contributed by atoms with Crippen LogP contribution in [-0.2, 0) is 4.79 Å². The number of rotatable bonds is 7. The molecule has 0 aliphatic heterocycles. The van der Waals surface area contributed by atoms with E-state index in [-0.39, 0.29) is 17.9 Å². The van der Waals surface area contributed by atoms with Gasteiger partial charge in [-0.2, -0.15) is 0 Å². The Hall–Kier alpha value is -1.42. The van der Waals surface area contributed by atoms with Gasteiger partial charge in [0.05, 0.1) is 6.04 Å². The lowest BCUT2D eigenvalue weighted by Crippen LogP contribution is -2.30. The van der Waals surface area contributed by atoms with Crippen LogP contribution in [0.3, 0.4) is 0 Å². The summed E-state index contributed by atoms with van der Waals surface area (Å²) in [7, 11) is 0. The Morgan fingerprint density at radius 2 is 1.95 bits per heavy atom. The highest BCUT2D eigenvalue weighted by Gasteiger charge is 2.16. The van der Waals surface area contributed by atoms with E-state index in [1.54, 1.807) is 12.4 Å². The third kappa shape index (κ3) is 5.83. The molecule has 0 aromatic carbocycles. The van der Waals surface area contributed by atoms with E-state index >= 15 is 0 Å². The maximum absolute atomic E-state index is 12.0. The molecule has 0 aliphatic rings. The summed E-state index contributed by atoms with van der Waals surface area (Å²) in [6.07, 6.45) is 4.97. The normalized spacial score (nSPS) is 14.2. The Morgan fingerprint density at radius 3 is 2.47 bits per heavy atom. The molecule has 0 bridgehead atoms. The van der Waals surface area contributed by atoms with E-state index in [2.05, 4.69) is 24.1 Å². The number of nitrogens with two attached hydrogens (primary N) is 1. The lowest BCUT2D eigenvalue weighted by molar-refractivity contribution is -0.122. The second-order valence-corrected chi connectivity index (χ2v) is 5.51. The van der Waals surface area contributed by atoms with Crippen molar-refractivity contribution in [1.82, 2.24) is 10.3 Å². The fourth-order valence-electron chi connectivity index (χ4n) is 2.23. The first-order valence-electron chi connectivity index (χ1n) is 6.92. The van der Waals surface area contributed by atoms with Crippen LogP contribution in [0.2, 0.25) is 0 Å². The second-order valence-electron chi connectivity index (χ2n) is 5.51. The zero-order valence-corrected chi connectivity index (χ0v) is 12.1. The van der Waals surface area contributed by atoms with E-state index in [0.29, 0.717) is 18.9 Å². The van der Waals surface area contributed by atoms with E-state index in [1.807, 2.05) is 19.1 Å². The summed E-state index contributed by atoms with van der Waals surface area (Å²) in [5.74, 6) is 0.907. The molecule has 1 rings (SSSR count). The Labute approximate surface area is 115 Å². The van der Waals surface area contributed by atoms with E-state index < -0.39 is 0 Å². The Balaban J connectivity index is 2.46. The molecule has 0 radical (unpaired) electrons. The minimum atomic E-state index is 0.00738. The second kappa shape index (κ2) is 7.89. The van der Waals surface area contributed by atoms with Crippen LogP contribution >= 0.6 is 0 Å². The number of hydrogen-bond acceptors (Lipinski definition) is 3. The predicted octanol–water partition coefficient (Wildman–Crippen LogP) is 2.27. The van der Waals surface area contributed by atoms with Crippen molar-refractivity contribution in [3.05, 3.63) is 30.1 Å². The van der Waals surface area contributed by atoms with Gasteiger partial charge in [-0.15, -0.1) is 0 Å². The van der Waals surface area contributed by atoms with Crippen molar-refractivity contribution in [2.75, 3.05) is 6.54 Å². The standard InChI is InChI=1S/C15H25N3O/c1-11(2)8-13(10-16)9-15(19)18-12(3)14-4-6-17-7-5-14/h4-7,11-13H,8-10,16H2,1-3H3,(H,18,19)/t12-,13-/m0/s1. The molecule has 3 N–H and O–H groups in total. The number of carbonyl (C=O) groups is 1. The molecule has 1 heterocycles. The largest absolute Gasteiger partial charge is 0.350 e. The Bertz CT molecular complexity index is 378. The average Bonchev–Trinajstić information content (AvgIpc) is 2.38. The molecule has 2 atom stereocenters. The summed E-state index contributed by atoms with van der Waals surface area (Å²) in [5.41, 5.74) is 6.79. The number of amides is 1. The van der Waals surface area contributed by atoms with E-state index in [1.165, 1.54) is 0 Å². The molecule has 0 aliphatic carbocycles. The first-order chi connectivity index (χ1) is 9.02. The fourth-order valence-corrected chi connectivity index (χ4v) is 2.23. The van der Waals surface area contributed by atoms with Crippen LogP contribution < -0.4 is 11.1 Å². The van der Waals surface area contributed by atoms with Gasteiger partial charge < -0.3 is 11.1 Å². The van der Waals surface area contributed by atoms with E-state index in [4.69, 9.17) is 5.73 Å². The van der Waals surface area contributed by atoms with E-state index in [9.17, 15) is 4.79 Å². The van der Waals surface area contributed by atoms with Crippen LogP contribution in [0.15, 0.2) is 24.5 Å². The van der Waals surface area contributed by atoms with Crippen molar-refractivity contribution in [2.24, 2.45) is 17.6 Å². The Kier molecular flexibility index (Phi) is 6.50. The molecule has 1 aromatic rings. The molecule has 19 heavy (non-hydrogen) atoms. The van der Waals surface area contributed by atoms with Crippen LogP contribution in [0, 0.1) is 11.8 Å². The predicted molar refractivity (Wildman–Crippen MR) is 77.4 cm³/mol. The van der Waals surface area contributed by atoms with Crippen LogP contribution in [-0.4, -0.2) is 17.4 Å². The maximum Gasteiger partial charge on any atom is 0.220 e. The third-order valence-electron chi connectivity index (χ3n) is 3.20. The first-order valence-corrected chi connectivity index (χ1v) is 6.92. The molecule has 1 amide bonds. The minimum absolute atomic E-state index is 0.00738. The van der Waals surface area contributed by atoms with Crippen molar-refractivity contribution in [1.29, 1.82) is 0 Å². The van der Waals surface area contributed by atoms with Gasteiger partial charge in [0.15, 0.2) is 0 Å². The van der Waals surface area contributed by atoms with Crippen molar-refractivity contribution in [2.45, 2.75) is 39.7 Å². The zero-order valence-electron chi connectivity index (χ0n) is 12.1. The summed E-state index contributed by atoms with van der Waals surface area (Å²) >= 11 is 0. The van der Waals surface area contributed by atoms with Crippen LogP contribution in [0.4, 0.5) is 0 Å². The molecule has 4 nitrogen and oxygen atoms in total. The maximum atomic E-state index is 12.0. The monoisotopic (exact) mass is 263 g/mol. The molecule has 0 saturated carbocycles. The number of aromatic nitrogens is 1. The molecular weight excluding hydrogens is 238 g/mol. The van der Waals surface area contributed by atoms with Crippen LogP contribution in [0.1, 0.15) is 45.2 Å². The Morgan fingerprint density at radius 1 is 1.32 bits per heavy atom. The summed E-state index contributed by atoms with van der Waals surface area (Å²) in [5, 5.41) is 3.01. The van der Waals surface area contributed by atoms with Gasteiger partial charge >= 0.3 is 0 Å². The molecule has 0 saturated heterocycles. The summed E-state index contributed by atoms with van der Waals surface area (Å²) in [4.78, 5) is 16.0. The number of nitrogens with one attached hydrogen (secondary N) is 1. The van der Waals surface area contributed by atoms with Gasteiger partial charge in [-0.05, 0) is 49.4 Å². The van der Waals surface area contributed by atoms with Gasteiger partial charge in [0, 0.05) is 18.8 Å². The van der Waals surface area contributed by atoms with Gasteiger partial charge in [0.1, 0.15) is 0 Å². The molecule has 0 spiro atoms. The summed E-state index contributed by atoms with van der Waals surface area (Å²) < 4.78 is 0. The number of carbonyl (C=O) groups excluding carboxylic acids is 1. The lowest BCUT2D eigenvalue weighted by Gasteiger charge is -2.19. The van der Waals surface area contributed by atoms with E-state index in [0.717, 1.165) is 12.0 Å². The van der Waals surface area contributed by atoms with Crippen molar-refractivity contribution < 1.29 is 4.79 Å². The smallest absolute Gasteiger partial charge is 0.220 e. The number of hydrogen-bond donors (Lipinski definition) is 2. The lowest BCUT2D eigenvalue weighted by atomic mass is 9.94. The van der Waals surface area contributed by atoms with Gasteiger partial charge in [-0.25, -0.2) is 0 Å². The van der Waals surface area contributed by atoms with Crippen molar-refractivity contribution in [3.63, 3.8) is 0 Å². The number of pyridine rings is 1. The van der Waals surface area contributed by atoms with Gasteiger partial charge in [-0.3, -0.25) is 9.78 Å².